The lowest BCUT2D eigenvalue weighted by atomic mass is 10.0. The second kappa shape index (κ2) is 6.43. The lowest BCUT2D eigenvalue weighted by Gasteiger charge is -2.33. The molecule has 0 spiro atoms. The van der Waals surface area contributed by atoms with Gasteiger partial charge in [-0.15, -0.1) is 0 Å². The van der Waals surface area contributed by atoms with E-state index in [9.17, 15) is 14.0 Å². The van der Waals surface area contributed by atoms with E-state index in [1.54, 1.807) is 31.1 Å². The molecule has 2 amide bonds. The molecule has 3 rings (SSSR count). The van der Waals surface area contributed by atoms with Crippen LogP contribution in [0.25, 0.3) is 0 Å². The van der Waals surface area contributed by atoms with Gasteiger partial charge in [0.25, 0.3) is 5.91 Å². The summed E-state index contributed by atoms with van der Waals surface area (Å²) in [5, 5.41) is 6.73. The van der Waals surface area contributed by atoms with E-state index in [2.05, 4.69) is 10.4 Å². The largest absolute Gasteiger partial charge is 0.340 e. The van der Waals surface area contributed by atoms with Crippen molar-refractivity contribution in [2.45, 2.75) is 25.8 Å². The van der Waals surface area contributed by atoms with E-state index in [0.29, 0.717) is 29.8 Å². The number of amides is 2. The van der Waals surface area contributed by atoms with Crippen molar-refractivity contribution in [1.29, 1.82) is 0 Å². The highest BCUT2D eigenvalue weighted by atomic mass is 19.1. The molecular weight excluding hydrogens is 311 g/mol. The zero-order chi connectivity index (χ0) is 17.3. The van der Waals surface area contributed by atoms with Crippen molar-refractivity contribution in [1.82, 2.24) is 15.1 Å². The lowest BCUT2D eigenvalue weighted by Crippen LogP contribution is -2.52. The summed E-state index contributed by atoms with van der Waals surface area (Å²) in [5.41, 5.74) is 1.80. The first-order valence-electron chi connectivity index (χ1n) is 7.83. The van der Waals surface area contributed by atoms with Crippen LogP contribution in [0.15, 0.2) is 30.6 Å². The molecule has 1 aliphatic rings. The molecule has 0 unspecified atom stereocenters. The third kappa shape index (κ3) is 3.15. The van der Waals surface area contributed by atoms with E-state index in [1.165, 1.54) is 23.0 Å². The predicted molar refractivity (Wildman–Crippen MR) is 87.2 cm³/mol. The maximum Gasteiger partial charge on any atom is 0.255 e. The number of aryl methyl sites for hydroxylation is 2. The highest BCUT2D eigenvalue weighted by Gasteiger charge is 2.31. The molecule has 1 aromatic heterocycles. The van der Waals surface area contributed by atoms with Crippen molar-refractivity contribution in [3.05, 3.63) is 47.5 Å². The molecule has 0 radical (unpaired) electrons. The summed E-state index contributed by atoms with van der Waals surface area (Å²) in [5.74, 6) is -0.825. The van der Waals surface area contributed by atoms with Crippen LogP contribution in [0.4, 0.5) is 10.1 Å². The van der Waals surface area contributed by atoms with E-state index < -0.39 is 6.04 Å². The van der Waals surface area contributed by atoms with Crippen molar-refractivity contribution in [2.24, 2.45) is 7.05 Å². The number of nitrogens with zero attached hydrogens (tertiary/aromatic N) is 3. The molecule has 7 heteroatoms. The van der Waals surface area contributed by atoms with Crippen LogP contribution >= 0.6 is 0 Å². The van der Waals surface area contributed by atoms with E-state index in [-0.39, 0.29) is 17.6 Å². The van der Waals surface area contributed by atoms with Crippen molar-refractivity contribution < 1.29 is 14.0 Å². The molecule has 1 saturated heterocycles. The van der Waals surface area contributed by atoms with E-state index in [4.69, 9.17) is 0 Å². The summed E-state index contributed by atoms with van der Waals surface area (Å²) in [6.07, 6.45) is 4.41. The number of hydrogen-bond donors (Lipinski definition) is 1. The monoisotopic (exact) mass is 330 g/mol. The quantitative estimate of drug-likeness (QED) is 0.933. The van der Waals surface area contributed by atoms with E-state index >= 15 is 0 Å². The third-order valence-electron chi connectivity index (χ3n) is 4.16. The van der Waals surface area contributed by atoms with Gasteiger partial charge in [0, 0.05) is 25.5 Å². The van der Waals surface area contributed by atoms with Crippen LogP contribution in [0.1, 0.15) is 28.8 Å². The molecule has 24 heavy (non-hydrogen) atoms. The summed E-state index contributed by atoms with van der Waals surface area (Å²) < 4.78 is 14.8. The topological polar surface area (TPSA) is 67.2 Å². The molecule has 1 fully saturated rings. The number of carbonyl (C=O) groups excluding carboxylic acids is 2. The van der Waals surface area contributed by atoms with Gasteiger partial charge in [-0.2, -0.15) is 5.10 Å². The predicted octanol–water partition coefficient (Wildman–Crippen LogP) is 1.79. The molecule has 126 valence electrons. The third-order valence-corrected chi connectivity index (χ3v) is 4.16. The second-order valence-electron chi connectivity index (χ2n) is 5.99. The molecule has 1 atom stereocenters. The van der Waals surface area contributed by atoms with Crippen LogP contribution in [0.2, 0.25) is 0 Å². The summed E-state index contributed by atoms with van der Waals surface area (Å²) in [6.45, 7) is 2.33. The molecule has 6 nitrogen and oxygen atoms in total. The fourth-order valence-electron chi connectivity index (χ4n) is 2.95. The minimum absolute atomic E-state index is 0.173. The fourth-order valence-corrected chi connectivity index (χ4v) is 2.95. The fraction of sp³-hybridized carbons (Fsp3) is 0.353. The second-order valence-corrected chi connectivity index (χ2v) is 5.99. The van der Waals surface area contributed by atoms with Gasteiger partial charge in [0.05, 0.1) is 11.8 Å². The Morgan fingerprint density at radius 1 is 1.42 bits per heavy atom. The Morgan fingerprint density at radius 3 is 2.88 bits per heavy atom. The van der Waals surface area contributed by atoms with Crippen molar-refractivity contribution in [2.75, 3.05) is 11.4 Å². The molecular formula is C17H19FN4O2. The minimum atomic E-state index is -0.587. The maximum absolute atomic E-state index is 13.3. The molecule has 0 bridgehead atoms. The zero-order valence-electron chi connectivity index (χ0n) is 13.6. The van der Waals surface area contributed by atoms with Crippen LogP contribution in [-0.2, 0) is 11.8 Å². The van der Waals surface area contributed by atoms with Gasteiger partial charge in [-0.1, -0.05) is 0 Å². The maximum atomic E-state index is 13.3. The summed E-state index contributed by atoms with van der Waals surface area (Å²) in [6, 6.07) is 3.76. The standard InChI is InChI=1S/C17H19FN4O2/c1-11-8-13(18)5-6-15(11)22-7-3-4-14(17(22)24)20-16(23)12-9-19-21(2)10-12/h5-6,8-10,14H,3-4,7H2,1-2H3,(H,20,23)/t14-/m0/s1. The van der Waals surface area contributed by atoms with Gasteiger partial charge in [0.1, 0.15) is 11.9 Å². The van der Waals surface area contributed by atoms with Crippen molar-refractivity contribution >= 4 is 17.5 Å². The SMILES string of the molecule is Cc1cc(F)ccc1N1CCC[C@H](NC(=O)c2cnn(C)c2)C1=O. The van der Waals surface area contributed by atoms with Crippen molar-refractivity contribution in [3.8, 4) is 0 Å². The summed E-state index contributed by atoms with van der Waals surface area (Å²) in [4.78, 5) is 26.6. The number of nitrogens with one attached hydrogen (secondary N) is 1. The van der Waals surface area contributed by atoms with Gasteiger partial charge in [-0.25, -0.2) is 4.39 Å². The number of benzene rings is 1. The van der Waals surface area contributed by atoms with E-state index in [1.807, 2.05) is 0 Å². The van der Waals surface area contributed by atoms with Crippen LogP contribution < -0.4 is 10.2 Å². The summed E-state index contributed by atoms with van der Waals surface area (Å²) in [7, 11) is 1.72. The van der Waals surface area contributed by atoms with E-state index in [0.717, 1.165) is 6.42 Å². The Bertz CT molecular complexity index is 787. The highest BCUT2D eigenvalue weighted by Crippen LogP contribution is 2.25. The molecule has 0 aliphatic carbocycles. The Labute approximate surface area is 139 Å². The van der Waals surface area contributed by atoms with Crippen molar-refractivity contribution in [3.63, 3.8) is 0 Å². The Kier molecular flexibility index (Phi) is 4.33. The molecule has 2 aromatic rings. The number of hydrogen-bond acceptors (Lipinski definition) is 3. The zero-order valence-corrected chi connectivity index (χ0v) is 13.6. The highest BCUT2D eigenvalue weighted by molar-refractivity contribution is 6.03. The number of carbonyl (C=O) groups is 2. The van der Waals surface area contributed by atoms with Crippen LogP contribution in [0, 0.1) is 12.7 Å². The van der Waals surface area contributed by atoms with Gasteiger partial charge in [-0.05, 0) is 43.5 Å². The number of rotatable bonds is 3. The first-order chi connectivity index (χ1) is 11.5. The number of anilines is 1. The Balaban J connectivity index is 1.76. The van der Waals surface area contributed by atoms with Gasteiger partial charge < -0.3 is 10.2 Å². The van der Waals surface area contributed by atoms with Gasteiger partial charge >= 0.3 is 0 Å². The lowest BCUT2D eigenvalue weighted by molar-refractivity contribution is -0.121. The van der Waals surface area contributed by atoms with Crippen LogP contribution in [0.5, 0.6) is 0 Å². The van der Waals surface area contributed by atoms with Gasteiger partial charge in [0.15, 0.2) is 0 Å². The molecule has 2 heterocycles. The average Bonchev–Trinajstić information content (AvgIpc) is 2.97. The van der Waals surface area contributed by atoms with Crippen LogP contribution in [0.3, 0.4) is 0 Å². The minimum Gasteiger partial charge on any atom is -0.340 e. The first-order valence-corrected chi connectivity index (χ1v) is 7.83. The molecule has 0 saturated carbocycles. The van der Waals surface area contributed by atoms with Gasteiger partial charge in [0.2, 0.25) is 5.91 Å². The Hall–Kier alpha value is -2.70. The number of halogens is 1. The molecule has 1 aliphatic heterocycles. The Morgan fingerprint density at radius 2 is 2.21 bits per heavy atom. The molecule has 1 N–H and O–H groups in total. The normalized spacial score (nSPS) is 17.9. The van der Waals surface area contributed by atoms with Gasteiger partial charge in [-0.3, -0.25) is 14.3 Å². The average molecular weight is 330 g/mol. The molecule has 1 aromatic carbocycles. The summed E-state index contributed by atoms with van der Waals surface area (Å²) >= 11 is 0. The number of aromatic nitrogens is 2. The number of piperidine rings is 1. The van der Waals surface area contributed by atoms with Crippen LogP contribution in [-0.4, -0.2) is 34.2 Å². The smallest absolute Gasteiger partial charge is 0.255 e. The first kappa shape index (κ1) is 16.2.